The number of piperidine rings is 1. The molecule has 7 nitrogen and oxygen atoms in total. The molecule has 1 N–H and O–H groups in total. The molecule has 0 bridgehead atoms. The molecule has 29 heavy (non-hydrogen) atoms. The van der Waals surface area contributed by atoms with Crippen molar-refractivity contribution in [3.63, 3.8) is 0 Å². The van der Waals surface area contributed by atoms with Crippen molar-refractivity contribution in [2.75, 3.05) is 19.7 Å². The van der Waals surface area contributed by atoms with Crippen LogP contribution in [0, 0.1) is 17.2 Å². The second-order valence-corrected chi connectivity index (χ2v) is 7.06. The van der Waals surface area contributed by atoms with Crippen molar-refractivity contribution in [3.05, 3.63) is 59.8 Å². The lowest BCUT2D eigenvalue weighted by Crippen LogP contribution is -2.40. The van der Waals surface area contributed by atoms with Crippen molar-refractivity contribution in [1.29, 1.82) is 5.26 Å². The van der Waals surface area contributed by atoms with Gasteiger partial charge in [-0.05, 0) is 30.4 Å². The summed E-state index contributed by atoms with van der Waals surface area (Å²) in [4.78, 5) is 18.2. The first-order valence-corrected chi connectivity index (χ1v) is 9.76. The van der Waals surface area contributed by atoms with Crippen LogP contribution in [0.15, 0.2) is 48.5 Å². The molecule has 152 valence electrons. The number of hydrogen-bond donors (Lipinski definition) is 1. The zero-order valence-electron chi connectivity index (χ0n) is 16.2. The van der Waals surface area contributed by atoms with Crippen LogP contribution in [0.25, 0.3) is 0 Å². The number of carbonyl (C=O) groups is 1. The van der Waals surface area contributed by atoms with Gasteiger partial charge in [-0.1, -0.05) is 36.4 Å². The largest absolute Gasteiger partial charge is 0.477 e. The molecule has 2 aromatic rings. The molecule has 7 heteroatoms. The van der Waals surface area contributed by atoms with E-state index in [2.05, 4.69) is 4.98 Å². The SMILES string of the molecule is N#CC[C@@H](O)c1cccc(OCC2CCN(C(=O)OCc3ccccc3)CC2)n1. The molecule has 0 unspecified atom stereocenters. The van der Waals surface area contributed by atoms with Crippen LogP contribution in [0.1, 0.15) is 36.6 Å². The topological polar surface area (TPSA) is 95.7 Å². The van der Waals surface area contributed by atoms with Gasteiger partial charge in [-0.2, -0.15) is 5.26 Å². The quantitative estimate of drug-likeness (QED) is 0.771. The van der Waals surface area contributed by atoms with E-state index in [-0.39, 0.29) is 19.1 Å². The van der Waals surface area contributed by atoms with E-state index in [0.29, 0.717) is 37.2 Å². The van der Waals surface area contributed by atoms with Gasteiger partial charge in [-0.25, -0.2) is 9.78 Å². The van der Waals surface area contributed by atoms with Crippen molar-refractivity contribution in [3.8, 4) is 11.9 Å². The molecule has 3 rings (SSSR count). The summed E-state index contributed by atoms with van der Waals surface area (Å²) in [5.74, 6) is 0.756. The Kier molecular flexibility index (Phi) is 7.42. The molecule has 1 amide bonds. The maximum absolute atomic E-state index is 12.2. The van der Waals surface area contributed by atoms with Gasteiger partial charge in [0.05, 0.1) is 24.8 Å². The van der Waals surface area contributed by atoms with Crippen LogP contribution in [0.2, 0.25) is 0 Å². The van der Waals surface area contributed by atoms with Gasteiger partial charge in [0.2, 0.25) is 5.88 Å². The number of aromatic nitrogens is 1. The van der Waals surface area contributed by atoms with Gasteiger partial charge in [-0.3, -0.25) is 0 Å². The van der Waals surface area contributed by atoms with E-state index >= 15 is 0 Å². The minimum atomic E-state index is -0.909. The first-order valence-electron chi connectivity index (χ1n) is 9.76. The number of pyridine rings is 1. The third kappa shape index (κ3) is 6.19. The van der Waals surface area contributed by atoms with Gasteiger partial charge in [0.1, 0.15) is 12.7 Å². The number of ether oxygens (including phenoxy) is 2. The molecule has 0 spiro atoms. The van der Waals surface area contributed by atoms with Crippen molar-refractivity contribution in [1.82, 2.24) is 9.88 Å². The maximum atomic E-state index is 12.2. The molecular formula is C22H25N3O4. The number of benzene rings is 1. The molecule has 1 saturated heterocycles. The average molecular weight is 395 g/mol. The standard InChI is InChI=1S/C22H25N3O4/c23-12-9-20(26)19-7-4-8-21(24-19)28-15-18-10-13-25(14-11-18)22(27)29-16-17-5-2-1-3-6-17/h1-8,18,20,26H,9-11,13-16H2/t20-/m1/s1. The van der Waals surface area contributed by atoms with E-state index in [4.69, 9.17) is 14.7 Å². The van der Waals surface area contributed by atoms with Gasteiger partial charge < -0.3 is 19.5 Å². The van der Waals surface area contributed by atoms with Crippen molar-refractivity contribution >= 4 is 6.09 Å². The number of aliphatic hydroxyl groups is 1. The predicted octanol–water partition coefficient (Wildman–Crippen LogP) is 3.46. The van der Waals surface area contributed by atoms with E-state index in [1.165, 1.54) is 0 Å². The summed E-state index contributed by atoms with van der Waals surface area (Å²) < 4.78 is 11.2. The van der Waals surface area contributed by atoms with Crippen LogP contribution in [-0.4, -0.2) is 40.8 Å². The summed E-state index contributed by atoms with van der Waals surface area (Å²) in [6, 6.07) is 16.7. The Balaban J connectivity index is 1.40. The predicted molar refractivity (Wildman–Crippen MR) is 106 cm³/mol. The van der Waals surface area contributed by atoms with Crippen LogP contribution in [0.4, 0.5) is 4.79 Å². The third-order valence-corrected chi connectivity index (χ3v) is 4.92. The van der Waals surface area contributed by atoms with Crippen LogP contribution < -0.4 is 4.74 Å². The van der Waals surface area contributed by atoms with Crippen molar-refractivity contribution in [2.24, 2.45) is 5.92 Å². The van der Waals surface area contributed by atoms with Gasteiger partial charge in [0, 0.05) is 19.2 Å². The maximum Gasteiger partial charge on any atom is 0.410 e. The lowest BCUT2D eigenvalue weighted by molar-refractivity contribution is 0.0756. The molecule has 1 aliphatic heterocycles. The summed E-state index contributed by atoms with van der Waals surface area (Å²) in [6.45, 7) is 2.05. The van der Waals surface area contributed by atoms with E-state index in [1.807, 2.05) is 36.4 Å². The highest BCUT2D eigenvalue weighted by Crippen LogP contribution is 2.21. The number of likely N-dealkylation sites (tertiary alicyclic amines) is 1. The molecule has 0 radical (unpaired) electrons. The van der Waals surface area contributed by atoms with Crippen molar-refractivity contribution < 1.29 is 19.4 Å². The molecule has 1 atom stereocenters. The Hall–Kier alpha value is -3.11. The van der Waals surface area contributed by atoms with Crippen LogP contribution >= 0.6 is 0 Å². The lowest BCUT2D eigenvalue weighted by atomic mass is 9.98. The molecule has 0 aliphatic carbocycles. The van der Waals surface area contributed by atoms with Crippen LogP contribution in [0.3, 0.4) is 0 Å². The fourth-order valence-electron chi connectivity index (χ4n) is 3.18. The summed E-state index contributed by atoms with van der Waals surface area (Å²) in [7, 11) is 0. The average Bonchev–Trinajstić information content (AvgIpc) is 2.77. The zero-order chi connectivity index (χ0) is 20.5. The fraction of sp³-hybridized carbons (Fsp3) is 0.409. The Labute approximate surface area is 170 Å². The van der Waals surface area contributed by atoms with Gasteiger partial charge in [0.15, 0.2) is 0 Å². The number of carbonyl (C=O) groups excluding carboxylic acids is 1. The Bertz CT molecular complexity index is 829. The first-order chi connectivity index (χ1) is 14.2. The van der Waals surface area contributed by atoms with Crippen LogP contribution in [-0.2, 0) is 11.3 Å². The Morgan fingerprint density at radius 1 is 1.21 bits per heavy atom. The van der Waals surface area contributed by atoms with E-state index in [9.17, 15) is 9.90 Å². The number of amides is 1. The highest BCUT2D eigenvalue weighted by Gasteiger charge is 2.24. The summed E-state index contributed by atoms with van der Waals surface area (Å²) in [5.41, 5.74) is 1.40. The second-order valence-electron chi connectivity index (χ2n) is 7.06. The molecule has 2 heterocycles. The summed E-state index contributed by atoms with van der Waals surface area (Å²) in [6.07, 6.45) is 0.465. The monoisotopic (exact) mass is 395 g/mol. The summed E-state index contributed by atoms with van der Waals surface area (Å²) >= 11 is 0. The number of aliphatic hydroxyl groups excluding tert-OH is 1. The number of nitrogens with zero attached hydrogens (tertiary/aromatic N) is 3. The second kappa shape index (κ2) is 10.4. The molecule has 1 aromatic carbocycles. The fourth-order valence-corrected chi connectivity index (χ4v) is 3.18. The Morgan fingerprint density at radius 2 is 1.97 bits per heavy atom. The number of hydrogen-bond acceptors (Lipinski definition) is 6. The Morgan fingerprint density at radius 3 is 2.69 bits per heavy atom. The van der Waals surface area contributed by atoms with E-state index < -0.39 is 6.10 Å². The van der Waals surface area contributed by atoms with E-state index in [0.717, 1.165) is 18.4 Å². The van der Waals surface area contributed by atoms with Crippen LogP contribution in [0.5, 0.6) is 5.88 Å². The van der Waals surface area contributed by atoms with Gasteiger partial charge >= 0.3 is 6.09 Å². The lowest BCUT2D eigenvalue weighted by Gasteiger charge is -2.31. The minimum Gasteiger partial charge on any atom is -0.477 e. The first kappa shape index (κ1) is 20.6. The summed E-state index contributed by atoms with van der Waals surface area (Å²) in [5, 5.41) is 18.6. The smallest absolute Gasteiger partial charge is 0.410 e. The molecule has 0 saturated carbocycles. The van der Waals surface area contributed by atoms with Gasteiger partial charge in [-0.15, -0.1) is 0 Å². The molecule has 1 aromatic heterocycles. The highest BCUT2D eigenvalue weighted by molar-refractivity contribution is 5.67. The highest BCUT2D eigenvalue weighted by atomic mass is 16.6. The normalized spacial score (nSPS) is 15.4. The zero-order valence-corrected chi connectivity index (χ0v) is 16.2. The number of nitriles is 1. The number of rotatable bonds is 7. The minimum absolute atomic E-state index is 0.00468. The molecule has 1 fully saturated rings. The van der Waals surface area contributed by atoms with E-state index in [1.54, 1.807) is 23.1 Å². The van der Waals surface area contributed by atoms with Crippen molar-refractivity contribution in [2.45, 2.75) is 32.0 Å². The molecule has 1 aliphatic rings. The third-order valence-electron chi connectivity index (χ3n) is 4.92. The molecular weight excluding hydrogens is 370 g/mol. The van der Waals surface area contributed by atoms with Gasteiger partial charge in [0.25, 0.3) is 0 Å².